The van der Waals surface area contributed by atoms with Crippen LogP contribution in [0.2, 0.25) is 0 Å². The second-order valence-corrected chi connectivity index (χ2v) is 8.44. The summed E-state index contributed by atoms with van der Waals surface area (Å²) in [4.78, 5) is 15.0. The summed E-state index contributed by atoms with van der Waals surface area (Å²) in [6.07, 6.45) is 2.05. The summed E-state index contributed by atoms with van der Waals surface area (Å²) in [5.74, 6) is 2.46. The molecule has 2 heterocycles. The van der Waals surface area contributed by atoms with Crippen molar-refractivity contribution in [1.82, 2.24) is 20.1 Å². The van der Waals surface area contributed by atoms with Crippen molar-refractivity contribution in [2.75, 3.05) is 6.26 Å². The zero-order valence-electron chi connectivity index (χ0n) is 16.4. The maximum absolute atomic E-state index is 5.43. The Bertz CT molecular complexity index is 1110. The highest BCUT2D eigenvalue weighted by Gasteiger charge is 2.11. The molecule has 0 aliphatic heterocycles. The molecule has 0 aliphatic carbocycles. The van der Waals surface area contributed by atoms with Crippen LogP contribution in [0.5, 0.6) is 0 Å². The van der Waals surface area contributed by atoms with E-state index in [4.69, 9.17) is 9.51 Å². The van der Waals surface area contributed by atoms with Crippen molar-refractivity contribution < 1.29 is 4.52 Å². The van der Waals surface area contributed by atoms with Crippen LogP contribution in [0.15, 0.2) is 69.0 Å². The molecule has 0 spiro atoms. The van der Waals surface area contributed by atoms with Crippen molar-refractivity contribution in [3.63, 3.8) is 0 Å². The number of hydrogen-bond acceptors (Lipinski definition) is 7. The van der Waals surface area contributed by atoms with Gasteiger partial charge in [-0.3, -0.25) is 0 Å². The molecule has 7 heteroatoms. The number of nitrogens with zero attached hydrogens (tertiary/aromatic N) is 4. The van der Waals surface area contributed by atoms with Crippen LogP contribution in [0.25, 0.3) is 22.8 Å². The lowest BCUT2D eigenvalue weighted by molar-refractivity contribution is 0.391. The number of benzene rings is 2. The van der Waals surface area contributed by atoms with E-state index < -0.39 is 0 Å². The summed E-state index contributed by atoms with van der Waals surface area (Å²) >= 11 is 3.27. The highest BCUT2D eigenvalue weighted by molar-refractivity contribution is 7.98. The topological polar surface area (TPSA) is 64.7 Å². The lowest BCUT2D eigenvalue weighted by Crippen LogP contribution is -1.94. The molecular formula is C22H20N4OS2. The summed E-state index contributed by atoms with van der Waals surface area (Å²) in [5, 5.41) is 4.99. The van der Waals surface area contributed by atoms with Gasteiger partial charge in [0.1, 0.15) is 5.03 Å². The van der Waals surface area contributed by atoms with E-state index in [1.807, 2.05) is 37.3 Å². The highest BCUT2D eigenvalue weighted by Crippen LogP contribution is 2.26. The summed E-state index contributed by atoms with van der Waals surface area (Å²) < 4.78 is 5.43. The van der Waals surface area contributed by atoms with Gasteiger partial charge in [0, 0.05) is 21.7 Å². The van der Waals surface area contributed by atoms with E-state index in [0.29, 0.717) is 17.5 Å². The monoisotopic (exact) mass is 420 g/mol. The third kappa shape index (κ3) is 4.86. The number of thioether (sulfide) groups is 2. The van der Waals surface area contributed by atoms with Crippen molar-refractivity contribution in [2.24, 2.45) is 0 Å². The zero-order chi connectivity index (χ0) is 20.2. The molecule has 0 saturated heterocycles. The van der Waals surface area contributed by atoms with Gasteiger partial charge in [-0.25, -0.2) is 9.97 Å². The van der Waals surface area contributed by atoms with E-state index in [-0.39, 0.29) is 0 Å². The van der Waals surface area contributed by atoms with Gasteiger partial charge in [-0.2, -0.15) is 4.98 Å². The Hall–Kier alpha value is -2.64. The molecule has 29 heavy (non-hydrogen) atoms. The molecular weight excluding hydrogens is 400 g/mol. The average Bonchev–Trinajstić information content (AvgIpc) is 3.21. The second kappa shape index (κ2) is 8.80. The van der Waals surface area contributed by atoms with Gasteiger partial charge in [0.25, 0.3) is 0 Å². The van der Waals surface area contributed by atoms with Crippen LogP contribution in [0.4, 0.5) is 0 Å². The molecule has 0 N–H and O–H groups in total. The van der Waals surface area contributed by atoms with Crippen molar-refractivity contribution in [3.05, 3.63) is 71.7 Å². The highest BCUT2D eigenvalue weighted by atomic mass is 32.2. The van der Waals surface area contributed by atoms with Crippen molar-refractivity contribution in [2.45, 2.75) is 29.5 Å². The van der Waals surface area contributed by atoms with Gasteiger partial charge in [0.05, 0.1) is 5.75 Å². The van der Waals surface area contributed by atoms with Crippen LogP contribution in [-0.2, 0) is 5.75 Å². The SMILES string of the molecule is CSc1ccc(-c2noc(CSc3cc(C)nc(-c4ccc(C)cc4)n3)n2)cc1. The van der Waals surface area contributed by atoms with Gasteiger partial charge in [0.2, 0.25) is 11.7 Å². The van der Waals surface area contributed by atoms with Gasteiger partial charge < -0.3 is 4.52 Å². The average molecular weight is 421 g/mol. The largest absolute Gasteiger partial charge is 0.338 e. The number of aromatic nitrogens is 4. The van der Waals surface area contributed by atoms with E-state index in [9.17, 15) is 0 Å². The summed E-state index contributed by atoms with van der Waals surface area (Å²) in [7, 11) is 0. The second-order valence-electron chi connectivity index (χ2n) is 6.57. The fourth-order valence-corrected chi connectivity index (χ4v) is 3.95. The molecule has 0 bridgehead atoms. The Morgan fingerprint density at radius 2 is 1.52 bits per heavy atom. The molecule has 2 aromatic heterocycles. The van der Waals surface area contributed by atoms with E-state index >= 15 is 0 Å². The lowest BCUT2D eigenvalue weighted by Gasteiger charge is -2.05. The summed E-state index contributed by atoms with van der Waals surface area (Å²) in [6, 6.07) is 18.3. The van der Waals surface area contributed by atoms with Gasteiger partial charge in [0.15, 0.2) is 5.82 Å². The Morgan fingerprint density at radius 1 is 0.828 bits per heavy atom. The maximum Gasteiger partial charge on any atom is 0.237 e. The van der Waals surface area contributed by atoms with Crippen molar-refractivity contribution >= 4 is 23.5 Å². The van der Waals surface area contributed by atoms with E-state index in [1.54, 1.807) is 23.5 Å². The standard InChI is InChI=1S/C22H20N4OS2/c1-14-4-6-16(7-5-14)21-23-15(2)12-20(25-21)29-13-19-24-22(26-27-19)17-8-10-18(28-3)11-9-17/h4-12H,13H2,1-3H3. The van der Waals surface area contributed by atoms with Crippen LogP contribution in [0.3, 0.4) is 0 Å². The fraction of sp³-hybridized carbons (Fsp3) is 0.182. The molecule has 0 unspecified atom stereocenters. The molecule has 4 rings (SSSR count). The Morgan fingerprint density at radius 3 is 2.24 bits per heavy atom. The molecule has 146 valence electrons. The van der Waals surface area contributed by atoms with E-state index in [2.05, 4.69) is 52.6 Å². The molecule has 0 amide bonds. The predicted octanol–water partition coefficient (Wildman–Crippen LogP) is 5.82. The van der Waals surface area contributed by atoms with Crippen LogP contribution in [0.1, 0.15) is 17.1 Å². The van der Waals surface area contributed by atoms with Crippen LogP contribution >= 0.6 is 23.5 Å². The minimum absolute atomic E-state index is 0.555. The first-order chi connectivity index (χ1) is 14.1. The molecule has 0 saturated carbocycles. The molecule has 0 fully saturated rings. The molecule has 5 nitrogen and oxygen atoms in total. The van der Waals surface area contributed by atoms with Crippen LogP contribution in [-0.4, -0.2) is 26.4 Å². The normalized spacial score (nSPS) is 11.0. The third-order valence-electron chi connectivity index (χ3n) is 4.30. The minimum Gasteiger partial charge on any atom is -0.338 e. The number of aryl methyl sites for hydroxylation is 2. The quantitative estimate of drug-likeness (QED) is 0.287. The first-order valence-electron chi connectivity index (χ1n) is 9.13. The van der Waals surface area contributed by atoms with Gasteiger partial charge >= 0.3 is 0 Å². The first kappa shape index (κ1) is 19.7. The third-order valence-corrected chi connectivity index (χ3v) is 5.94. The van der Waals surface area contributed by atoms with Gasteiger partial charge in [-0.1, -0.05) is 46.7 Å². The maximum atomic E-state index is 5.43. The van der Waals surface area contributed by atoms with E-state index in [0.717, 1.165) is 27.7 Å². The summed E-state index contributed by atoms with van der Waals surface area (Å²) in [5.41, 5.74) is 4.10. The van der Waals surface area contributed by atoms with Gasteiger partial charge in [-0.05, 0) is 50.4 Å². The molecule has 0 aliphatic rings. The molecule has 0 atom stereocenters. The van der Waals surface area contributed by atoms with Crippen LogP contribution < -0.4 is 0 Å². The first-order valence-corrected chi connectivity index (χ1v) is 11.3. The lowest BCUT2D eigenvalue weighted by atomic mass is 10.1. The molecule has 0 radical (unpaired) electrons. The van der Waals surface area contributed by atoms with Crippen LogP contribution in [0, 0.1) is 13.8 Å². The summed E-state index contributed by atoms with van der Waals surface area (Å²) in [6.45, 7) is 4.05. The zero-order valence-corrected chi connectivity index (χ0v) is 18.0. The predicted molar refractivity (Wildman–Crippen MR) is 118 cm³/mol. The minimum atomic E-state index is 0.555. The number of rotatable bonds is 6. The molecule has 2 aromatic carbocycles. The van der Waals surface area contributed by atoms with E-state index in [1.165, 1.54) is 10.5 Å². The Labute approximate surface area is 178 Å². The Kier molecular flexibility index (Phi) is 5.97. The smallest absolute Gasteiger partial charge is 0.237 e. The fourth-order valence-electron chi connectivity index (χ4n) is 2.75. The number of hydrogen-bond donors (Lipinski definition) is 0. The Balaban J connectivity index is 1.48. The van der Waals surface area contributed by atoms with Gasteiger partial charge in [-0.15, -0.1) is 11.8 Å². The van der Waals surface area contributed by atoms with Crippen molar-refractivity contribution in [1.29, 1.82) is 0 Å². The molecule has 4 aromatic rings. The van der Waals surface area contributed by atoms with Crippen molar-refractivity contribution in [3.8, 4) is 22.8 Å².